The Labute approximate surface area is 135 Å². The van der Waals surface area contributed by atoms with E-state index in [4.69, 9.17) is 0 Å². The average molecular weight is 308 g/mol. The summed E-state index contributed by atoms with van der Waals surface area (Å²) in [5.74, 6) is 0.834. The Balaban J connectivity index is 2.43. The molecule has 1 aromatic rings. The van der Waals surface area contributed by atoms with E-state index in [1.54, 1.807) is 7.05 Å². The molecule has 22 heavy (non-hydrogen) atoms. The van der Waals surface area contributed by atoms with E-state index in [0.29, 0.717) is 6.04 Å². The van der Waals surface area contributed by atoms with Gasteiger partial charge in [0, 0.05) is 51.0 Å². The molecule has 0 aromatic carbocycles. The van der Waals surface area contributed by atoms with E-state index < -0.39 is 0 Å². The first-order valence-electron chi connectivity index (χ1n) is 8.04. The molecule has 126 valence electrons. The average Bonchev–Trinajstić information content (AvgIpc) is 2.74. The smallest absolute Gasteiger partial charge is 0.191 e. The van der Waals surface area contributed by atoms with Crippen LogP contribution in [-0.4, -0.2) is 53.9 Å². The van der Waals surface area contributed by atoms with Gasteiger partial charge < -0.3 is 15.5 Å². The highest BCUT2D eigenvalue weighted by Crippen LogP contribution is 2.10. The fraction of sp³-hybridized carbons (Fsp3) is 0.750. The zero-order valence-electron chi connectivity index (χ0n) is 15.2. The van der Waals surface area contributed by atoms with E-state index in [-0.39, 0.29) is 0 Å². The maximum atomic E-state index is 4.44. The van der Waals surface area contributed by atoms with Crippen LogP contribution in [0, 0.1) is 13.8 Å². The van der Waals surface area contributed by atoms with Crippen LogP contribution in [-0.2, 0) is 13.6 Å². The number of hydrogen-bond acceptors (Lipinski definition) is 3. The van der Waals surface area contributed by atoms with Gasteiger partial charge in [0.05, 0.1) is 5.69 Å². The summed E-state index contributed by atoms with van der Waals surface area (Å²) in [7, 11) is 5.94. The molecule has 1 heterocycles. The zero-order valence-corrected chi connectivity index (χ0v) is 15.2. The number of likely N-dealkylation sites (N-methyl/N-ethyl adjacent to an activating group) is 1. The summed E-state index contributed by atoms with van der Waals surface area (Å²) in [5.41, 5.74) is 3.50. The lowest BCUT2D eigenvalue weighted by atomic mass is 10.2. The van der Waals surface area contributed by atoms with E-state index >= 15 is 0 Å². The van der Waals surface area contributed by atoms with Crippen molar-refractivity contribution >= 4 is 5.96 Å². The number of nitrogens with zero attached hydrogens (tertiary/aromatic N) is 4. The van der Waals surface area contributed by atoms with Gasteiger partial charge in [-0.3, -0.25) is 9.67 Å². The Morgan fingerprint density at radius 1 is 1.36 bits per heavy atom. The highest BCUT2D eigenvalue weighted by molar-refractivity contribution is 5.79. The molecule has 0 spiro atoms. The largest absolute Gasteiger partial charge is 0.355 e. The van der Waals surface area contributed by atoms with Crippen LogP contribution in [0.3, 0.4) is 0 Å². The monoisotopic (exact) mass is 308 g/mol. The van der Waals surface area contributed by atoms with Gasteiger partial charge >= 0.3 is 0 Å². The SMILES string of the molecule is CCC(C)N(C)CCNC(=NC)NCc1c(C)nn(C)c1C. The van der Waals surface area contributed by atoms with Crippen molar-refractivity contribution in [3.8, 4) is 0 Å². The second-order valence-electron chi connectivity index (χ2n) is 5.86. The Bertz CT molecular complexity index is 491. The molecule has 1 aromatic heterocycles. The third kappa shape index (κ3) is 5.02. The van der Waals surface area contributed by atoms with Crippen LogP contribution in [0.2, 0.25) is 0 Å². The third-order valence-corrected chi connectivity index (χ3v) is 4.42. The van der Waals surface area contributed by atoms with E-state index in [9.17, 15) is 0 Å². The van der Waals surface area contributed by atoms with Crippen LogP contribution in [0.25, 0.3) is 0 Å². The first kappa shape index (κ1) is 18.5. The van der Waals surface area contributed by atoms with Crippen molar-refractivity contribution in [3.05, 3.63) is 17.0 Å². The maximum Gasteiger partial charge on any atom is 0.191 e. The van der Waals surface area contributed by atoms with Gasteiger partial charge in [-0.25, -0.2) is 0 Å². The molecule has 0 fully saturated rings. The number of hydrogen-bond donors (Lipinski definition) is 2. The van der Waals surface area contributed by atoms with E-state index in [0.717, 1.165) is 31.3 Å². The molecule has 0 saturated heterocycles. The molecule has 1 unspecified atom stereocenters. The van der Waals surface area contributed by atoms with Crippen molar-refractivity contribution in [1.29, 1.82) is 0 Å². The van der Waals surface area contributed by atoms with Gasteiger partial charge in [0.1, 0.15) is 0 Å². The summed E-state index contributed by atoms with van der Waals surface area (Å²) in [6.45, 7) is 11.2. The van der Waals surface area contributed by atoms with Gasteiger partial charge in [-0.15, -0.1) is 0 Å². The maximum absolute atomic E-state index is 4.44. The summed E-state index contributed by atoms with van der Waals surface area (Å²) in [6.07, 6.45) is 1.17. The second kappa shape index (κ2) is 8.78. The van der Waals surface area contributed by atoms with Crippen molar-refractivity contribution in [3.63, 3.8) is 0 Å². The third-order valence-electron chi connectivity index (χ3n) is 4.42. The molecule has 1 atom stereocenters. The van der Waals surface area contributed by atoms with E-state index in [1.165, 1.54) is 17.7 Å². The Kier molecular flexibility index (Phi) is 7.38. The summed E-state index contributed by atoms with van der Waals surface area (Å²) < 4.78 is 1.92. The van der Waals surface area contributed by atoms with Crippen LogP contribution in [0.4, 0.5) is 0 Å². The number of guanidine groups is 1. The highest BCUT2D eigenvalue weighted by atomic mass is 15.3. The number of aromatic nitrogens is 2. The number of nitrogens with one attached hydrogen (secondary N) is 2. The molecular formula is C16H32N6. The lowest BCUT2D eigenvalue weighted by molar-refractivity contribution is 0.255. The van der Waals surface area contributed by atoms with E-state index in [2.05, 4.69) is 53.4 Å². The summed E-state index contributed by atoms with van der Waals surface area (Å²) in [5, 5.41) is 11.2. The molecule has 6 nitrogen and oxygen atoms in total. The van der Waals surface area contributed by atoms with Crippen molar-refractivity contribution in [2.24, 2.45) is 12.0 Å². The van der Waals surface area contributed by atoms with Crippen LogP contribution in [0.15, 0.2) is 4.99 Å². The predicted octanol–water partition coefficient (Wildman–Crippen LogP) is 1.43. The number of aliphatic imine (C=N–C) groups is 1. The lowest BCUT2D eigenvalue weighted by Crippen LogP contribution is -2.42. The van der Waals surface area contributed by atoms with Gasteiger partial charge in [0.25, 0.3) is 0 Å². The molecule has 6 heteroatoms. The van der Waals surface area contributed by atoms with Crippen molar-refractivity contribution in [2.75, 3.05) is 27.2 Å². The lowest BCUT2D eigenvalue weighted by Gasteiger charge is -2.24. The standard InChI is InChI=1S/C16H32N6/c1-8-12(2)21(6)10-9-18-16(17-5)19-11-15-13(3)20-22(7)14(15)4/h12H,8-11H2,1-7H3,(H2,17,18,19). The highest BCUT2D eigenvalue weighted by Gasteiger charge is 2.10. The molecule has 0 amide bonds. The summed E-state index contributed by atoms with van der Waals surface area (Å²) in [4.78, 5) is 6.64. The Morgan fingerprint density at radius 2 is 2.05 bits per heavy atom. The molecule has 1 rings (SSSR count). The van der Waals surface area contributed by atoms with Crippen LogP contribution >= 0.6 is 0 Å². The molecular weight excluding hydrogens is 276 g/mol. The molecule has 0 bridgehead atoms. The van der Waals surface area contributed by atoms with Crippen molar-refractivity contribution in [2.45, 2.75) is 46.7 Å². The zero-order chi connectivity index (χ0) is 16.7. The van der Waals surface area contributed by atoms with Crippen LogP contribution in [0.5, 0.6) is 0 Å². The van der Waals surface area contributed by atoms with Gasteiger partial charge in [-0.05, 0) is 34.2 Å². The minimum Gasteiger partial charge on any atom is -0.355 e. The Hall–Kier alpha value is -1.56. The van der Waals surface area contributed by atoms with Gasteiger partial charge in [0.2, 0.25) is 0 Å². The van der Waals surface area contributed by atoms with Gasteiger partial charge in [0.15, 0.2) is 5.96 Å². The van der Waals surface area contributed by atoms with E-state index in [1.807, 2.05) is 18.7 Å². The topological polar surface area (TPSA) is 57.5 Å². The van der Waals surface area contributed by atoms with Crippen molar-refractivity contribution < 1.29 is 0 Å². The fourth-order valence-corrected chi connectivity index (χ4v) is 2.35. The minimum atomic E-state index is 0.609. The Morgan fingerprint density at radius 3 is 2.55 bits per heavy atom. The normalized spacial score (nSPS) is 13.5. The number of rotatable bonds is 7. The second-order valence-corrected chi connectivity index (χ2v) is 5.86. The first-order chi connectivity index (χ1) is 10.4. The fourth-order valence-electron chi connectivity index (χ4n) is 2.35. The molecule has 0 radical (unpaired) electrons. The summed E-state index contributed by atoms with van der Waals surface area (Å²) >= 11 is 0. The predicted molar refractivity (Wildman–Crippen MR) is 93.3 cm³/mol. The van der Waals surface area contributed by atoms with Gasteiger partial charge in [-0.2, -0.15) is 5.10 Å². The van der Waals surface area contributed by atoms with Gasteiger partial charge in [-0.1, -0.05) is 6.92 Å². The molecule has 0 aliphatic rings. The first-order valence-corrected chi connectivity index (χ1v) is 8.04. The number of aryl methyl sites for hydroxylation is 2. The van der Waals surface area contributed by atoms with Crippen LogP contribution < -0.4 is 10.6 Å². The quantitative estimate of drug-likeness (QED) is 0.591. The molecule has 0 saturated carbocycles. The van der Waals surface area contributed by atoms with Crippen LogP contribution in [0.1, 0.15) is 37.2 Å². The molecule has 0 aliphatic heterocycles. The summed E-state index contributed by atoms with van der Waals surface area (Å²) in [6, 6.07) is 0.609. The minimum absolute atomic E-state index is 0.609. The van der Waals surface area contributed by atoms with Crippen molar-refractivity contribution in [1.82, 2.24) is 25.3 Å². The molecule has 0 aliphatic carbocycles. The molecule has 2 N–H and O–H groups in total.